The van der Waals surface area contributed by atoms with Gasteiger partial charge in [-0.3, -0.25) is 9.69 Å². The number of aromatic nitrogens is 2. The van der Waals surface area contributed by atoms with Gasteiger partial charge in [0.15, 0.2) is 0 Å². The highest BCUT2D eigenvalue weighted by molar-refractivity contribution is 7.07. The molecule has 2 rings (SSSR count). The molecule has 1 aromatic heterocycles. The van der Waals surface area contributed by atoms with E-state index in [-0.39, 0.29) is 12.5 Å². The molecule has 0 spiro atoms. The van der Waals surface area contributed by atoms with Gasteiger partial charge in [0.1, 0.15) is 4.88 Å². The Balaban J connectivity index is 1.56. The van der Waals surface area contributed by atoms with Crippen LogP contribution in [0, 0.1) is 0 Å². The zero-order valence-electron chi connectivity index (χ0n) is 10.9. The molecule has 2 N–H and O–H groups in total. The van der Waals surface area contributed by atoms with Gasteiger partial charge < -0.3 is 10.4 Å². The molecule has 0 aromatic carbocycles. The van der Waals surface area contributed by atoms with Gasteiger partial charge in [0.25, 0.3) is 5.91 Å². The van der Waals surface area contributed by atoms with Crippen LogP contribution in [0.25, 0.3) is 0 Å². The number of carbonyl (C=O) groups excluding carboxylic acids is 1. The maximum absolute atomic E-state index is 11.6. The molecule has 0 aliphatic carbocycles. The number of unbranched alkanes of at least 4 members (excludes halogenated alkanes) is 1. The topological polar surface area (TPSA) is 78.4 Å². The van der Waals surface area contributed by atoms with Gasteiger partial charge in [0, 0.05) is 12.6 Å². The third kappa shape index (κ3) is 4.22. The van der Waals surface area contributed by atoms with Crippen LogP contribution in [0.15, 0.2) is 6.20 Å². The number of carbonyl (C=O) groups is 1. The Morgan fingerprint density at radius 2 is 2.47 bits per heavy atom. The second kappa shape index (κ2) is 7.52. The standard InChI is InChI=1S/C12H20N4O2S/c17-9-10-4-3-7-16(10)6-2-1-5-13-12(18)11-8-14-15-19-11/h8,10,17H,1-7,9H2,(H,13,18). The fraction of sp³-hybridized carbons (Fsp3) is 0.750. The molecule has 6 nitrogen and oxygen atoms in total. The summed E-state index contributed by atoms with van der Waals surface area (Å²) in [5.74, 6) is -0.0931. The molecule has 1 aromatic rings. The fourth-order valence-corrected chi connectivity index (χ4v) is 2.82. The lowest BCUT2D eigenvalue weighted by Gasteiger charge is -2.22. The van der Waals surface area contributed by atoms with Crippen LogP contribution in [-0.2, 0) is 0 Å². The Bertz CT molecular complexity index is 385. The SMILES string of the molecule is O=C(NCCCCN1CCCC1CO)c1cnns1. The van der Waals surface area contributed by atoms with Crippen molar-refractivity contribution < 1.29 is 9.90 Å². The van der Waals surface area contributed by atoms with Crippen LogP contribution >= 0.6 is 11.5 Å². The number of nitrogens with zero attached hydrogens (tertiary/aromatic N) is 3. The summed E-state index contributed by atoms with van der Waals surface area (Å²) < 4.78 is 3.66. The zero-order valence-corrected chi connectivity index (χ0v) is 11.7. The normalized spacial score (nSPS) is 19.7. The van der Waals surface area contributed by atoms with Gasteiger partial charge in [0.2, 0.25) is 0 Å². The molecule has 1 aliphatic heterocycles. The van der Waals surface area contributed by atoms with Crippen LogP contribution in [0.4, 0.5) is 0 Å². The Kier molecular flexibility index (Phi) is 5.68. The van der Waals surface area contributed by atoms with Gasteiger partial charge >= 0.3 is 0 Å². The van der Waals surface area contributed by atoms with Gasteiger partial charge in [-0.05, 0) is 50.3 Å². The molecule has 19 heavy (non-hydrogen) atoms. The maximum Gasteiger partial charge on any atom is 0.264 e. The van der Waals surface area contributed by atoms with Gasteiger partial charge in [-0.1, -0.05) is 4.49 Å². The smallest absolute Gasteiger partial charge is 0.264 e. The Hall–Kier alpha value is -1.05. The third-order valence-corrected chi connectivity index (χ3v) is 4.12. The van der Waals surface area contributed by atoms with Gasteiger partial charge in [-0.25, -0.2) is 0 Å². The second-order valence-corrected chi connectivity index (χ2v) is 5.55. The van der Waals surface area contributed by atoms with E-state index in [4.69, 9.17) is 0 Å². The fourth-order valence-electron chi connectivity index (χ4n) is 2.39. The number of rotatable bonds is 7. The van der Waals surface area contributed by atoms with Gasteiger partial charge in [-0.2, -0.15) is 0 Å². The van der Waals surface area contributed by atoms with Crippen LogP contribution in [-0.4, -0.2) is 57.8 Å². The van der Waals surface area contributed by atoms with Crippen LogP contribution in [0.3, 0.4) is 0 Å². The predicted octanol–water partition coefficient (Wildman–Crippen LogP) is 0.505. The maximum atomic E-state index is 11.6. The Morgan fingerprint density at radius 3 is 3.21 bits per heavy atom. The van der Waals surface area contributed by atoms with E-state index in [2.05, 4.69) is 19.8 Å². The van der Waals surface area contributed by atoms with E-state index in [0.29, 0.717) is 17.5 Å². The minimum Gasteiger partial charge on any atom is -0.395 e. The first-order valence-corrected chi connectivity index (χ1v) is 7.49. The summed E-state index contributed by atoms with van der Waals surface area (Å²) in [6, 6.07) is 0.345. The summed E-state index contributed by atoms with van der Waals surface area (Å²) in [5, 5.41) is 15.7. The van der Waals surface area contributed by atoms with Crippen molar-refractivity contribution in [2.75, 3.05) is 26.2 Å². The molecule has 1 aliphatic rings. The minimum atomic E-state index is -0.0931. The van der Waals surface area contributed by atoms with Gasteiger partial charge in [0.05, 0.1) is 12.8 Å². The first-order valence-electron chi connectivity index (χ1n) is 6.71. The highest BCUT2D eigenvalue weighted by Crippen LogP contribution is 2.16. The number of amides is 1. The molecule has 2 heterocycles. The molecule has 1 unspecified atom stereocenters. The average molecular weight is 284 g/mol. The highest BCUT2D eigenvalue weighted by Gasteiger charge is 2.22. The lowest BCUT2D eigenvalue weighted by molar-refractivity contribution is 0.0956. The van der Waals surface area contributed by atoms with Crippen LogP contribution < -0.4 is 5.32 Å². The molecule has 0 bridgehead atoms. The first kappa shape index (κ1) is 14.4. The molecule has 0 radical (unpaired) electrons. The number of aliphatic hydroxyl groups excluding tert-OH is 1. The number of nitrogens with one attached hydrogen (secondary N) is 1. The van der Waals surface area contributed by atoms with Crippen LogP contribution in [0.2, 0.25) is 0 Å². The summed E-state index contributed by atoms with van der Waals surface area (Å²) in [6.45, 7) is 3.02. The van der Waals surface area contributed by atoms with E-state index in [1.54, 1.807) is 0 Å². The minimum absolute atomic E-state index is 0.0931. The lowest BCUT2D eigenvalue weighted by Crippen LogP contribution is -2.33. The summed E-state index contributed by atoms with van der Waals surface area (Å²) in [7, 11) is 0. The van der Waals surface area contributed by atoms with Crippen molar-refractivity contribution in [1.29, 1.82) is 0 Å². The molecular formula is C12H20N4O2S. The van der Waals surface area contributed by atoms with E-state index in [1.165, 1.54) is 12.6 Å². The molecule has 1 atom stereocenters. The van der Waals surface area contributed by atoms with Crippen molar-refractivity contribution in [1.82, 2.24) is 19.8 Å². The highest BCUT2D eigenvalue weighted by atomic mass is 32.1. The molecule has 106 valence electrons. The van der Waals surface area contributed by atoms with Crippen LogP contribution in [0.5, 0.6) is 0 Å². The van der Waals surface area contributed by atoms with Crippen molar-refractivity contribution in [3.63, 3.8) is 0 Å². The molecule has 7 heteroatoms. The molecular weight excluding hydrogens is 264 g/mol. The average Bonchev–Trinajstić information content (AvgIpc) is 3.09. The number of hydrogen-bond donors (Lipinski definition) is 2. The summed E-state index contributed by atoms with van der Waals surface area (Å²) in [5.41, 5.74) is 0. The van der Waals surface area contributed by atoms with Crippen molar-refractivity contribution in [3.8, 4) is 0 Å². The van der Waals surface area contributed by atoms with E-state index < -0.39 is 0 Å². The van der Waals surface area contributed by atoms with E-state index >= 15 is 0 Å². The van der Waals surface area contributed by atoms with Crippen molar-refractivity contribution in [2.24, 2.45) is 0 Å². The largest absolute Gasteiger partial charge is 0.395 e. The number of aliphatic hydroxyl groups is 1. The Labute approximate surface area is 117 Å². The van der Waals surface area contributed by atoms with Crippen molar-refractivity contribution in [2.45, 2.75) is 31.7 Å². The van der Waals surface area contributed by atoms with Crippen LogP contribution in [0.1, 0.15) is 35.4 Å². The van der Waals surface area contributed by atoms with Crippen molar-refractivity contribution >= 4 is 17.4 Å². The predicted molar refractivity (Wildman–Crippen MR) is 73.2 cm³/mol. The molecule has 0 saturated carbocycles. The van der Waals surface area contributed by atoms with Crippen molar-refractivity contribution in [3.05, 3.63) is 11.1 Å². The third-order valence-electron chi connectivity index (χ3n) is 3.45. The van der Waals surface area contributed by atoms with E-state index in [0.717, 1.165) is 43.9 Å². The Morgan fingerprint density at radius 1 is 1.58 bits per heavy atom. The molecule has 1 amide bonds. The lowest BCUT2D eigenvalue weighted by atomic mass is 10.2. The van der Waals surface area contributed by atoms with E-state index in [9.17, 15) is 9.90 Å². The molecule has 1 fully saturated rings. The summed E-state index contributed by atoms with van der Waals surface area (Å²) in [4.78, 5) is 14.5. The number of hydrogen-bond acceptors (Lipinski definition) is 6. The van der Waals surface area contributed by atoms with E-state index in [1.807, 2.05) is 0 Å². The zero-order chi connectivity index (χ0) is 13.5. The second-order valence-electron chi connectivity index (χ2n) is 4.76. The summed E-state index contributed by atoms with van der Waals surface area (Å²) in [6.07, 6.45) is 5.76. The number of likely N-dealkylation sites (tertiary alicyclic amines) is 1. The first-order chi connectivity index (χ1) is 9.31. The summed E-state index contributed by atoms with van der Waals surface area (Å²) >= 11 is 1.11. The molecule has 1 saturated heterocycles. The quantitative estimate of drug-likeness (QED) is 0.713. The monoisotopic (exact) mass is 284 g/mol. The van der Waals surface area contributed by atoms with Gasteiger partial charge in [-0.15, -0.1) is 5.10 Å².